The van der Waals surface area contributed by atoms with Crippen LogP contribution in [-0.4, -0.2) is 12.6 Å². The average molecular weight is 363 g/mol. The van der Waals surface area contributed by atoms with Gasteiger partial charge in [-0.3, -0.25) is 4.79 Å². The Bertz CT molecular complexity index is 605. The highest BCUT2D eigenvalue weighted by atomic mass is 35.5. The van der Waals surface area contributed by atoms with Gasteiger partial charge in [-0.25, -0.2) is 0 Å². The van der Waals surface area contributed by atoms with Crippen LogP contribution in [-0.2, 0) is 27.0 Å². The van der Waals surface area contributed by atoms with Gasteiger partial charge in [0.1, 0.15) is 0 Å². The number of aryl methyl sites for hydroxylation is 1. The molecule has 1 fully saturated rings. The third-order valence-electron chi connectivity index (χ3n) is 4.45. The fraction of sp³-hybridized carbons (Fsp3) is 0.611. The summed E-state index contributed by atoms with van der Waals surface area (Å²) in [6.45, 7) is 3.50. The molecule has 0 amide bonds. The minimum absolute atomic E-state index is 0.170. The van der Waals surface area contributed by atoms with E-state index < -0.39 is 22.6 Å². The van der Waals surface area contributed by atoms with Crippen molar-refractivity contribution in [1.29, 1.82) is 0 Å². The van der Waals surface area contributed by atoms with Crippen LogP contribution in [0.2, 0.25) is 0 Å². The average Bonchev–Trinajstić information content (AvgIpc) is 2.46. The summed E-state index contributed by atoms with van der Waals surface area (Å²) in [6, 6.07) is 2.68. The van der Waals surface area contributed by atoms with E-state index in [0.29, 0.717) is 24.0 Å². The van der Waals surface area contributed by atoms with Gasteiger partial charge >= 0.3 is 12.1 Å². The standard InChI is InChI=1S/C18H22ClF3O2/c1-3-24-15(23)11-13-9-12(2)16(14(10-13)18(20,21)22)17(19)7-5-4-6-8-17/h9-10H,3-8,11H2,1-2H3. The van der Waals surface area contributed by atoms with Crippen molar-refractivity contribution in [3.8, 4) is 0 Å². The summed E-state index contributed by atoms with van der Waals surface area (Å²) in [5.41, 5.74) is 0.238. The van der Waals surface area contributed by atoms with E-state index >= 15 is 0 Å². The van der Waals surface area contributed by atoms with Crippen molar-refractivity contribution in [3.63, 3.8) is 0 Å². The van der Waals surface area contributed by atoms with Crippen LogP contribution >= 0.6 is 11.6 Å². The molecule has 2 nitrogen and oxygen atoms in total. The van der Waals surface area contributed by atoms with Gasteiger partial charge in [0.2, 0.25) is 0 Å². The molecule has 1 saturated carbocycles. The fourth-order valence-corrected chi connectivity index (χ4v) is 4.04. The van der Waals surface area contributed by atoms with Gasteiger partial charge < -0.3 is 4.74 Å². The Hall–Kier alpha value is -1.23. The molecular formula is C18H22ClF3O2. The van der Waals surface area contributed by atoms with Crippen LogP contribution in [0.4, 0.5) is 13.2 Å². The van der Waals surface area contributed by atoms with Gasteiger partial charge in [0.15, 0.2) is 0 Å². The van der Waals surface area contributed by atoms with Gasteiger partial charge in [-0.15, -0.1) is 11.6 Å². The van der Waals surface area contributed by atoms with E-state index in [1.165, 1.54) is 0 Å². The summed E-state index contributed by atoms with van der Waals surface area (Å²) >= 11 is 6.63. The highest BCUT2D eigenvalue weighted by Gasteiger charge is 2.42. The fourth-order valence-electron chi connectivity index (χ4n) is 3.52. The molecule has 0 N–H and O–H groups in total. The number of rotatable bonds is 4. The second kappa shape index (κ2) is 7.34. The van der Waals surface area contributed by atoms with E-state index in [1.807, 2.05) is 0 Å². The van der Waals surface area contributed by atoms with Gasteiger partial charge in [-0.05, 0) is 49.4 Å². The molecule has 6 heteroatoms. The quantitative estimate of drug-likeness (QED) is 0.521. The molecule has 1 aliphatic carbocycles. The zero-order valence-corrected chi connectivity index (χ0v) is 14.7. The highest BCUT2D eigenvalue weighted by Crippen LogP contribution is 2.49. The van der Waals surface area contributed by atoms with Crippen molar-refractivity contribution in [1.82, 2.24) is 0 Å². The number of halogens is 4. The lowest BCUT2D eigenvalue weighted by Crippen LogP contribution is -2.28. The van der Waals surface area contributed by atoms with Gasteiger partial charge in [-0.1, -0.05) is 25.3 Å². The van der Waals surface area contributed by atoms with Crippen molar-refractivity contribution >= 4 is 17.6 Å². The van der Waals surface area contributed by atoms with Crippen LogP contribution in [0.3, 0.4) is 0 Å². The van der Waals surface area contributed by atoms with Crippen molar-refractivity contribution in [2.75, 3.05) is 6.61 Å². The lowest BCUT2D eigenvalue weighted by atomic mass is 9.78. The predicted octanol–water partition coefficient (Wildman–Crippen LogP) is 5.52. The first-order valence-electron chi connectivity index (χ1n) is 8.23. The van der Waals surface area contributed by atoms with E-state index in [2.05, 4.69) is 0 Å². The molecule has 0 atom stereocenters. The third kappa shape index (κ3) is 4.24. The normalized spacial score (nSPS) is 17.6. The third-order valence-corrected chi connectivity index (χ3v) is 5.02. The number of benzene rings is 1. The molecule has 0 aliphatic heterocycles. The molecule has 24 heavy (non-hydrogen) atoms. The monoisotopic (exact) mass is 362 g/mol. The molecule has 0 unspecified atom stereocenters. The van der Waals surface area contributed by atoms with Crippen LogP contribution in [0, 0.1) is 6.92 Å². The lowest BCUT2D eigenvalue weighted by molar-refractivity contribution is -0.143. The number of hydrogen-bond acceptors (Lipinski definition) is 2. The highest BCUT2D eigenvalue weighted by molar-refractivity contribution is 6.24. The first kappa shape index (κ1) is 19.1. The minimum atomic E-state index is -4.51. The SMILES string of the molecule is CCOC(=O)Cc1cc(C)c(C2(Cl)CCCCC2)c(C(F)(F)F)c1. The Morgan fingerprint density at radius 3 is 2.42 bits per heavy atom. The number of ether oxygens (including phenoxy) is 1. The zero-order valence-electron chi connectivity index (χ0n) is 13.9. The second-order valence-electron chi connectivity index (χ2n) is 6.34. The first-order chi connectivity index (χ1) is 11.2. The Balaban J connectivity index is 2.49. The Morgan fingerprint density at radius 2 is 1.88 bits per heavy atom. The molecule has 2 rings (SSSR count). The summed E-state index contributed by atoms with van der Waals surface area (Å²) in [6.07, 6.45) is -0.964. The van der Waals surface area contributed by atoms with Gasteiger partial charge in [0.25, 0.3) is 0 Å². The molecule has 0 heterocycles. The largest absolute Gasteiger partial charge is 0.466 e. The number of carbonyl (C=O) groups excluding carboxylic acids is 1. The minimum Gasteiger partial charge on any atom is -0.466 e. The van der Waals surface area contributed by atoms with Crippen molar-refractivity contribution in [2.45, 2.75) is 63.4 Å². The molecule has 1 aromatic carbocycles. The van der Waals surface area contributed by atoms with Crippen molar-refractivity contribution in [3.05, 3.63) is 34.4 Å². The summed E-state index contributed by atoms with van der Waals surface area (Å²) in [4.78, 5) is 10.6. The van der Waals surface area contributed by atoms with Crippen LogP contribution < -0.4 is 0 Å². The Morgan fingerprint density at radius 1 is 1.25 bits per heavy atom. The summed E-state index contributed by atoms with van der Waals surface area (Å²) < 4.78 is 45.8. The topological polar surface area (TPSA) is 26.3 Å². The summed E-state index contributed by atoms with van der Waals surface area (Å²) in [5, 5.41) is 0. The molecule has 0 radical (unpaired) electrons. The lowest BCUT2D eigenvalue weighted by Gasteiger charge is -2.35. The maximum absolute atomic E-state index is 13.6. The maximum atomic E-state index is 13.6. The first-order valence-corrected chi connectivity index (χ1v) is 8.61. The van der Waals surface area contributed by atoms with Crippen molar-refractivity contribution in [2.24, 2.45) is 0 Å². The molecule has 1 aromatic rings. The summed E-state index contributed by atoms with van der Waals surface area (Å²) in [7, 11) is 0. The van der Waals surface area contributed by atoms with Gasteiger partial charge in [0, 0.05) is 0 Å². The molecule has 0 bridgehead atoms. The van der Waals surface area contributed by atoms with E-state index in [1.54, 1.807) is 19.9 Å². The molecular weight excluding hydrogens is 341 g/mol. The molecule has 0 saturated heterocycles. The van der Waals surface area contributed by atoms with Gasteiger partial charge in [-0.2, -0.15) is 13.2 Å². The predicted molar refractivity (Wildman–Crippen MR) is 87.1 cm³/mol. The number of esters is 1. The Labute approximate surface area is 145 Å². The second-order valence-corrected chi connectivity index (χ2v) is 7.06. The number of alkyl halides is 4. The van der Waals surface area contributed by atoms with Crippen molar-refractivity contribution < 1.29 is 22.7 Å². The zero-order chi connectivity index (χ0) is 18.0. The van der Waals surface area contributed by atoms with E-state index in [0.717, 1.165) is 25.3 Å². The molecule has 1 aliphatic rings. The van der Waals surface area contributed by atoms with Crippen LogP contribution in [0.5, 0.6) is 0 Å². The van der Waals surface area contributed by atoms with Crippen LogP contribution in [0.25, 0.3) is 0 Å². The molecule has 0 aromatic heterocycles. The molecule has 134 valence electrons. The van der Waals surface area contributed by atoms with Gasteiger partial charge in [0.05, 0.1) is 23.5 Å². The smallest absolute Gasteiger partial charge is 0.416 e. The maximum Gasteiger partial charge on any atom is 0.416 e. The molecule has 0 spiro atoms. The van der Waals surface area contributed by atoms with E-state index in [9.17, 15) is 18.0 Å². The van der Waals surface area contributed by atoms with E-state index in [4.69, 9.17) is 16.3 Å². The number of hydrogen-bond donors (Lipinski definition) is 0. The Kier molecular flexibility index (Phi) is 5.84. The number of carbonyl (C=O) groups is 1. The van der Waals surface area contributed by atoms with E-state index in [-0.39, 0.29) is 18.6 Å². The van der Waals surface area contributed by atoms with Crippen LogP contribution in [0.1, 0.15) is 61.3 Å². The van der Waals surface area contributed by atoms with Crippen LogP contribution in [0.15, 0.2) is 12.1 Å². The summed E-state index contributed by atoms with van der Waals surface area (Å²) in [5.74, 6) is -0.531.